The minimum Gasteiger partial charge on any atom is -0.497 e. The summed E-state index contributed by atoms with van der Waals surface area (Å²) in [6, 6.07) is 13.1. The maximum atomic E-state index is 8.92. The van der Waals surface area contributed by atoms with Gasteiger partial charge in [-0.15, -0.1) is 0 Å². The smallest absolute Gasteiger partial charge is 0.163 e. The van der Waals surface area contributed by atoms with Gasteiger partial charge < -0.3 is 10.1 Å². The highest BCUT2D eigenvalue weighted by Gasteiger charge is 2.02. The SMILES string of the molecule is COc1cccc(Nc2cccnc2C#N)c1. The average molecular weight is 225 g/mol. The van der Waals surface area contributed by atoms with Crippen LogP contribution >= 0.6 is 0 Å². The Morgan fingerprint density at radius 1 is 1.29 bits per heavy atom. The third-order valence-electron chi connectivity index (χ3n) is 2.26. The molecule has 0 radical (unpaired) electrons. The van der Waals surface area contributed by atoms with E-state index in [1.807, 2.05) is 36.4 Å². The molecule has 1 aromatic heterocycles. The van der Waals surface area contributed by atoms with Crippen LogP contribution in [0.4, 0.5) is 11.4 Å². The first kappa shape index (κ1) is 11.0. The molecule has 0 aliphatic heterocycles. The molecule has 2 aromatic rings. The molecule has 17 heavy (non-hydrogen) atoms. The Kier molecular flexibility index (Phi) is 3.22. The summed E-state index contributed by atoms with van der Waals surface area (Å²) < 4.78 is 5.13. The van der Waals surface area contributed by atoms with Crippen LogP contribution in [-0.2, 0) is 0 Å². The van der Waals surface area contributed by atoms with Crippen LogP contribution in [0, 0.1) is 11.3 Å². The zero-order valence-electron chi connectivity index (χ0n) is 9.34. The van der Waals surface area contributed by atoms with Crippen LogP contribution in [0.3, 0.4) is 0 Å². The van der Waals surface area contributed by atoms with Gasteiger partial charge in [0.25, 0.3) is 0 Å². The largest absolute Gasteiger partial charge is 0.497 e. The molecule has 84 valence electrons. The number of rotatable bonds is 3. The molecule has 0 aliphatic carbocycles. The molecule has 0 aliphatic rings. The monoisotopic (exact) mass is 225 g/mol. The number of nitriles is 1. The summed E-state index contributed by atoms with van der Waals surface area (Å²) in [4.78, 5) is 3.98. The minimum atomic E-state index is 0.371. The summed E-state index contributed by atoms with van der Waals surface area (Å²) in [6.07, 6.45) is 1.59. The van der Waals surface area contributed by atoms with Crippen molar-refractivity contribution in [3.05, 3.63) is 48.3 Å². The molecule has 0 amide bonds. The van der Waals surface area contributed by atoms with Gasteiger partial charge in [0.2, 0.25) is 0 Å². The van der Waals surface area contributed by atoms with E-state index in [9.17, 15) is 0 Å². The Hall–Kier alpha value is -2.54. The number of hydrogen-bond donors (Lipinski definition) is 1. The van der Waals surface area contributed by atoms with E-state index >= 15 is 0 Å². The van der Waals surface area contributed by atoms with Crippen molar-refractivity contribution in [2.75, 3.05) is 12.4 Å². The number of aromatic nitrogens is 1. The van der Waals surface area contributed by atoms with E-state index in [-0.39, 0.29) is 0 Å². The third-order valence-corrected chi connectivity index (χ3v) is 2.26. The Balaban J connectivity index is 2.28. The number of nitrogens with one attached hydrogen (secondary N) is 1. The first-order chi connectivity index (χ1) is 8.33. The second-order valence-electron chi connectivity index (χ2n) is 3.37. The lowest BCUT2D eigenvalue weighted by molar-refractivity contribution is 0.415. The fraction of sp³-hybridized carbons (Fsp3) is 0.0769. The Labute approximate surface area is 99.5 Å². The molecule has 0 atom stereocenters. The normalized spacial score (nSPS) is 9.41. The molecule has 4 nitrogen and oxygen atoms in total. The van der Waals surface area contributed by atoms with E-state index in [2.05, 4.69) is 10.3 Å². The van der Waals surface area contributed by atoms with Gasteiger partial charge in [-0.05, 0) is 24.3 Å². The van der Waals surface area contributed by atoms with Crippen molar-refractivity contribution in [3.63, 3.8) is 0 Å². The topological polar surface area (TPSA) is 57.9 Å². The van der Waals surface area contributed by atoms with Crippen molar-refractivity contribution in [2.45, 2.75) is 0 Å². The van der Waals surface area contributed by atoms with Crippen LogP contribution in [0.15, 0.2) is 42.6 Å². The third kappa shape index (κ3) is 2.52. The molecule has 0 bridgehead atoms. The van der Waals surface area contributed by atoms with Gasteiger partial charge in [-0.1, -0.05) is 6.07 Å². The molecule has 4 heteroatoms. The lowest BCUT2D eigenvalue weighted by Crippen LogP contribution is -1.95. The summed E-state index contributed by atoms with van der Waals surface area (Å²) in [7, 11) is 1.61. The number of hydrogen-bond acceptors (Lipinski definition) is 4. The molecule has 2 rings (SSSR count). The standard InChI is InChI=1S/C13H11N3O/c1-17-11-5-2-4-10(8-11)16-12-6-3-7-15-13(12)9-14/h2-8,16H,1H3. The van der Waals surface area contributed by atoms with Crippen LogP contribution in [0.1, 0.15) is 5.69 Å². The van der Waals surface area contributed by atoms with Crippen LogP contribution < -0.4 is 10.1 Å². The van der Waals surface area contributed by atoms with Crippen molar-refractivity contribution < 1.29 is 4.74 Å². The van der Waals surface area contributed by atoms with E-state index in [1.54, 1.807) is 19.4 Å². The number of pyridine rings is 1. The Morgan fingerprint density at radius 3 is 2.94 bits per heavy atom. The predicted molar refractivity (Wildman–Crippen MR) is 65.2 cm³/mol. The zero-order valence-corrected chi connectivity index (χ0v) is 9.34. The number of methoxy groups -OCH3 is 1. The number of benzene rings is 1. The van der Waals surface area contributed by atoms with E-state index in [0.717, 1.165) is 11.4 Å². The van der Waals surface area contributed by atoms with E-state index in [1.165, 1.54) is 0 Å². The van der Waals surface area contributed by atoms with Crippen LogP contribution in [0.25, 0.3) is 0 Å². The van der Waals surface area contributed by atoms with Crippen LogP contribution in [0.2, 0.25) is 0 Å². The fourth-order valence-electron chi connectivity index (χ4n) is 1.45. The second kappa shape index (κ2) is 4.99. The quantitative estimate of drug-likeness (QED) is 0.872. The molecular weight excluding hydrogens is 214 g/mol. The summed E-state index contributed by atoms with van der Waals surface area (Å²) in [5, 5.41) is 12.1. The van der Waals surface area contributed by atoms with Gasteiger partial charge in [0, 0.05) is 18.0 Å². The summed E-state index contributed by atoms with van der Waals surface area (Å²) in [5.41, 5.74) is 1.91. The predicted octanol–water partition coefficient (Wildman–Crippen LogP) is 2.71. The van der Waals surface area contributed by atoms with Gasteiger partial charge in [-0.3, -0.25) is 0 Å². The van der Waals surface area contributed by atoms with Gasteiger partial charge in [0.15, 0.2) is 5.69 Å². The van der Waals surface area contributed by atoms with Crippen molar-refractivity contribution in [2.24, 2.45) is 0 Å². The first-order valence-corrected chi connectivity index (χ1v) is 5.09. The van der Waals surface area contributed by atoms with Crippen LogP contribution in [0.5, 0.6) is 5.75 Å². The van der Waals surface area contributed by atoms with Gasteiger partial charge in [0.1, 0.15) is 11.8 Å². The summed E-state index contributed by atoms with van der Waals surface area (Å²) in [5.74, 6) is 0.761. The van der Waals surface area contributed by atoms with Gasteiger partial charge in [-0.25, -0.2) is 4.98 Å². The lowest BCUT2D eigenvalue weighted by atomic mass is 10.2. The van der Waals surface area contributed by atoms with Crippen molar-refractivity contribution >= 4 is 11.4 Å². The van der Waals surface area contributed by atoms with E-state index in [0.29, 0.717) is 11.4 Å². The maximum absolute atomic E-state index is 8.92. The first-order valence-electron chi connectivity index (χ1n) is 5.09. The number of nitrogens with zero attached hydrogens (tertiary/aromatic N) is 2. The highest BCUT2D eigenvalue weighted by Crippen LogP contribution is 2.22. The molecule has 0 saturated heterocycles. The Morgan fingerprint density at radius 2 is 2.18 bits per heavy atom. The van der Waals surface area contributed by atoms with Gasteiger partial charge in [-0.2, -0.15) is 5.26 Å². The van der Waals surface area contributed by atoms with E-state index < -0.39 is 0 Å². The molecule has 1 aromatic carbocycles. The van der Waals surface area contributed by atoms with Gasteiger partial charge in [0.05, 0.1) is 12.8 Å². The number of anilines is 2. The minimum absolute atomic E-state index is 0.371. The molecule has 1 N–H and O–H groups in total. The summed E-state index contributed by atoms with van der Waals surface area (Å²) >= 11 is 0. The highest BCUT2D eigenvalue weighted by atomic mass is 16.5. The second-order valence-corrected chi connectivity index (χ2v) is 3.37. The molecule has 0 spiro atoms. The van der Waals surface area contributed by atoms with Crippen molar-refractivity contribution in [3.8, 4) is 11.8 Å². The maximum Gasteiger partial charge on any atom is 0.163 e. The molecule has 0 unspecified atom stereocenters. The lowest BCUT2D eigenvalue weighted by Gasteiger charge is -2.08. The van der Waals surface area contributed by atoms with Crippen LogP contribution in [-0.4, -0.2) is 12.1 Å². The molecular formula is C13H11N3O. The molecule has 0 saturated carbocycles. The molecule has 1 heterocycles. The van der Waals surface area contributed by atoms with Crippen molar-refractivity contribution in [1.82, 2.24) is 4.98 Å². The zero-order chi connectivity index (χ0) is 12.1. The number of ether oxygens (including phenoxy) is 1. The Bertz CT molecular complexity index is 561. The van der Waals surface area contributed by atoms with Gasteiger partial charge >= 0.3 is 0 Å². The van der Waals surface area contributed by atoms with Crippen molar-refractivity contribution in [1.29, 1.82) is 5.26 Å². The average Bonchev–Trinajstić information content (AvgIpc) is 2.39. The summed E-state index contributed by atoms with van der Waals surface area (Å²) in [6.45, 7) is 0. The fourth-order valence-corrected chi connectivity index (χ4v) is 1.45. The highest BCUT2D eigenvalue weighted by molar-refractivity contribution is 5.65. The van der Waals surface area contributed by atoms with E-state index in [4.69, 9.17) is 10.00 Å². The molecule has 0 fully saturated rings.